The van der Waals surface area contributed by atoms with Crippen LogP contribution in [0.15, 0.2) is 0 Å². The van der Waals surface area contributed by atoms with Crippen LogP contribution >= 0.6 is 15.9 Å². The zero-order valence-corrected chi connectivity index (χ0v) is 14.1. The van der Waals surface area contributed by atoms with Crippen molar-refractivity contribution in [2.24, 2.45) is 22.7 Å². The number of nitrogens with zero attached hydrogens (tertiary/aromatic N) is 1. The van der Waals surface area contributed by atoms with Gasteiger partial charge >= 0.3 is 0 Å². The van der Waals surface area contributed by atoms with E-state index in [1.807, 2.05) is 0 Å². The molecule has 2 heteroatoms. The summed E-state index contributed by atoms with van der Waals surface area (Å²) < 4.78 is 0. The normalized spacial score (nSPS) is 25.2. The van der Waals surface area contributed by atoms with Crippen molar-refractivity contribution < 1.29 is 0 Å². The average Bonchev–Trinajstić information content (AvgIpc) is 2.59. The molecule has 0 amide bonds. The summed E-state index contributed by atoms with van der Waals surface area (Å²) in [6.07, 6.45) is 1.38. The van der Waals surface area contributed by atoms with Gasteiger partial charge < -0.3 is 4.90 Å². The quantitative estimate of drug-likeness (QED) is 0.698. The first-order valence-corrected chi connectivity index (χ1v) is 8.05. The molecule has 17 heavy (non-hydrogen) atoms. The largest absolute Gasteiger partial charge is 0.303 e. The Morgan fingerprint density at radius 1 is 1.18 bits per heavy atom. The number of hydrogen-bond donors (Lipinski definition) is 0. The predicted octanol–water partition coefficient (Wildman–Crippen LogP) is 4.41. The molecule has 0 radical (unpaired) electrons. The summed E-state index contributed by atoms with van der Waals surface area (Å²) in [5.74, 6) is 1.62. The van der Waals surface area contributed by atoms with Gasteiger partial charge in [0.15, 0.2) is 0 Å². The molecule has 0 bridgehead atoms. The van der Waals surface area contributed by atoms with E-state index in [9.17, 15) is 0 Å². The van der Waals surface area contributed by atoms with Gasteiger partial charge in [0.25, 0.3) is 0 Å². The van der Waals surface area contributed by atoms with Crippen molar-refractivity contribution in [3.8, 4) is 0 Å². The highest BCUT2D eigenvalue weighted by molar-refractivity contribution is 9.09. The lowest BCUT2D eigenvalue weighted by molar-refractivity contribution is 0.169. The summed E-state index contributed by atoms with van der Waals surface area (Å²) in [6.45, 7) is 18.1. The highest BCUT2D eigenvalue weighted by atomic mass is 79.9. The standard InChI is InChI=1S/C15H30BrN/c1-14(2,3)12-7-8-17(10-12)11-13(9-16)15(4,5)6/h12-13H,7-11H2,1-6H3. The first kappa shape index (κ1) is 15.5. The van der Waals surface area contributed by atoms with Crippen LogP contribution in [0.4, 0.5) is 0 Å². The fraction of sp³-hybridized carbons (Fsp3) is 1.00. The van der Waals surface area contributed by atoms with Crippen LogP contribution < -0.4 is 0 Å². The Hall–Kier alpha value is 0.440. The molecule has 0 aromatic carbocycles. The van der Waals surface area contributed by atoms with Gasteiger partial charge in [0.2, 0.25) is 0 Å². The van der Waals surface area contributed by atoms with E-state index in [2.05, 4.69) is 62.4 Å². The molecule has 0 N–H and O–H groups in total. The van der Waals surface area contributed by atoms with Crippen LogP contribution in [0.1, 0.15) is 48.0 Å². The lowest BCUT2D eigenvalue weighted by Gasteiger charge is -2.33. The van der Waals surface area contributed by atoms with Crippen LogP contribution in [-0.2, 0) is 0 Å². The molecule has 102 valence electrons. The number of alkyl halides is 1. The molecule has 1 aliphatic rings. The summed E-state index contributed by atoms with van der Waals surface area (Å²) >= 11 is 3.69. The Morgan fingerprint density at radius 2 is 1.76 bits per heavy atom. The number of likely N-dealkylation sites (tertiary alicyclic amines) is 1. The molecular formula is C15H30BrN. The molecule has 1 rings (SSSR count). The Morgan fingerprint density at radius 3 is 2.12 bits per heavy atom. The minimum Gasteiger partial charge on any atom is -0.303 e. The Kier molecular flexibility index (Phi) is 5.11. The highest BCUT2D eigenvalue weighted by Crippen LogP contribution is 2.35. The van der Waals surface area contributed by atoms with Gasteiger partial charge in [-0.1, -0.05) is 57.5 Å². The molecule has 1 saturated heterocycles. The third kappa shape index (κ3) is 4.55. The van der Waals surface area contributed by atoms with Gasteiger partial charge in [-0.25, -0.2) is 0 Å². The molecule has 1 heterocycles. The maximum Gasteiger partial charge on any atom is 0.00768 e. The summed E-state index contributed by atoms with van der Waals surface area (Å²) in [6, 6.07) is 0. The van der Waals surface area contributed by atoms with Crippen molar-refractivity contribution in [1.82, 2.24) is 4.90 Å². The summed E-state index contributed by atoms with van der Waals surface area (Å²) in [5, 5.41) is 1.12. The lowest BCUT2D eigenvalue weighted by atomic mass is 9.80. The van der Waals surface area contributed by atoms with Crippen LogP contribution in [0.2, 0.25) is 0 Å². The smallest absolute Gasteiger partial charge is 0.00768 e. The zero-order valence-electron chi connectivity index (χ0n) is 12.5. The van der Waals surface area contributed by atoms with Gasteiger partial charge in [-0.2, -0.15) is 0 Å². The van der Waals surface area contributed by atoms with Gasteiger partial charge in [-0.05, 0) is 35.6 Å². The van der Waals surface area contributed by atoms with E-state index >= 15 is 0 Å². The molecule has 0 aromatic heterocycles. The zero-order chi connectivity index (χ0) is 13.3. The maximum absolute atomic E-state index is 3.69. The summed E-state index contributed by atoms with van der Waals surface area (Å²) in [4.78, 5) is 2.67. The Bertz CT molecular complexity index is 236. The van der Waals surface area contributed by atoms with Crippen LogP contribution in [0.3, 0.4) is 0 Å². The molecule has 2 unspecified atom stereocenters. The third-order valence-electron chi connectivity index (χ3n) is 4.39. The van der Waals surface area contributed by atoms with Crippen molar-refractivity contribution in [1.29, 1.82) is 0 Å². The second-order valence-electron chi connectivity index (χ2n) is 7.83. The molecule has 1 nitrogen and oxygen atoms in total. The molecule has 0 spiro atoms. The molecule has 1 aliphatic heterocycles. The van der Waals surface area contributed by atoms with Gasteiger partial charge in [0.1, 0.15) is 0 Å². The van der Waals surface area contributed by atoms with E-state index in [1.54, 1.807) is 0 Å². The van der Waals surface area contributed by atoms with Crippen LogP contribution in [0, 0.1) is 22.7 Å². The van der Waals surface area contributed by atoms with Crippen LogP contribution in [-0.4, -0.2) is 29.9 Å². The number of rotatable bonds is 3. The maximum atomic E-state index is 3.69. The molecule has 2 atom stereocenters. The van der Waals surface area contributed by atoms with Crippen molar-refractivity contribution in [3.63, 3.8) is 0 Å². The monoisotopic (exact) mass is 303 g/mol. The molecule has 0 aliphatic carbocycles. The Balaban J connectivity index is 2.50. The minimum atomic E-state index is 0.406. The van der Waals surface area contributed by atoms with E-state index in [0.717, 1.165) is 17.2 Å². The van der Waals surface area contributed by atoms with Crippen LogP contribution in [0.5, 0.6) is 0 Å². The molecule has 0 aromatic rings. The van der Waals surface area contributed by atoms with E-state index in [-0.39, 0.29) is 0 Å². The summed E-state index contributed by atoms with van der Waals surface area (Å²) in [7, 11) is 0. The summed E-state index contributed by atoms with van der Waals surface area (Å²) in [5.41, 5.74) is 0.879. The van der Waals surface area contributed by atoms with Gasteiger partial charge in [-0.15, -0.1) is 0 Å². The van der Waals surface area contributed by atoms with E-state index < -0.39 is 0 Å². The van der Waals surface area contributed by atoms with Crippen molar-refractivity contribution in [3.05, 3.63) is 0 Å². The van der Waals surface area contributed by atoms with Gasteiger partial charge in [0.05, 0.1) is 0 Å². The van der Waals surface area contributed by atoms with Crippen molar-refractivity contribution in [2.75, 3.05) is 25.0 Å². The average molecular weight is 304 g/mol. The predicted molar refractivity (Wildman–Crippen MR) is 80.7 cm³/mol. The third-order valence-corrected chi connectivity index (χ3v) is 5.17. The second kappa shape index (κ2) is 5.61. The SMILES string of the molecule is CC(C)(C)C(CBr)CN1CCC(C(C)(C)C)C1. The van der Waals surface area contributed by atoms with Gasteiger partial charge in [-0.3, -0.25) is 0 Å². The molecule has 0 saturated carbocycles. The lowest BCUT2D eigenvalue weighted by Crippen LogP contribution is -2.36. The number of halogens is 1. The first-order chi connectivity index (χ1) is 7.64. The van der Waals surface area contributed by atoms with Gasteiger partial charge in [0, 0.05) is 18.4 Å². The van der Waals surface area contributed by atoms with Crippen molar-refractivity contribution in [2.45, 2.75) is 48.0 Å². The van der Waals surface area contributed by atoms with Crippen LogP contribution in [0.25, 0.3) is 0 Å². The van der Waals surface area contributed by atoms with Crippen molar-refractivity contribution >= 4 is 15.9 Å². The fourth-order valence-corrected chi connectivity index (χ4v) is 3.75. The minimum absolute atomic E-state index is 0.406. The van der Waals surface area contributed by atoms with E-state index in [0.29, 0.717) is 10.8 Å². The van der Waals surface area contributed by atoms with E-state index in [1.165, 1.54) is 26.1 Å². The fourth-order valence-electron chi connectivity index (χ4n) is 2.57. The Labute approximate surface area is 116 Å². The number of hydrogen-bond acceptors (Lipinski definition) is 1. The topological polar surface area (TPSA) is 3.24 Å². The van der Waals surface area contributed by atoms with E-state index in [4.69, 9.17) is 0 Å². The molecule has 1 fully saturated rings. The molecular weight excluding hydrogens is 274 g/mol. The second-order valence-corrected chi connectivity index (χ2v) is 8.48. The highest BCUT2D eigenvalue weighted by Gasteiger charge is 2.34. The first-order valence-electron chi connectivity index (χ1n) is 6.93.